The SMILES string of the molecule is N/C(=N\O)c1ccc(OCc2ccc(Br)cc2F)cc1. The lowest BCUT2D eigenvalue weighted by Gasteiger charge is -2.08. The Morgan fingerprint density at radius 3 is 2.55 bits per heavy atom. The van der Waals surface area contributed by atoms with E-state index in [0.29, 0.717) is 21.3 Å². The Hall–Kier alpha value is -2.08. The number of ether oxygens (including phenoxy) is 1. The number of nitrogens with zero attached hydrogens (tertiary/aromatic N) is 1. The van der Waals surface area contributed by atoms with Crippen LogP contribution in [0.1, 0.15) is 11.1 Å². The molecule has 0 aliphatic heterocycles. The molecule has 0 fully saturated rings. The number of amidine groups is 1. The summed E-state index contributed by atoms with van der Waals surface area (Å²) >= 11 is 3.20. The Bertz CT molecular complexity index is 630. The van der Waals surface area contributed by atoms with Crippen molar-refractivity contribution in [1.82, 2.24) is 0 Å². The second kappa shape index (κ2) is 6.38. The predicted molar refractivity (Wildman–Crippen MR) is 77.4 cm³/mol. The fourth-order valence-electron chi connectivity index (χ4n) is 1.58. The van der Waals surface area contributed by atoms with Gasteiger partial charge in [-0.3, -0.25) is 0 Å². The molecule has 2 aromatic carbocycles. The summed E-state index contributed by atoms with van der Waals surface area (Å²) in [4.78, 5) is 0. The van der Waals surface area contributed by atoms with Crippen LogP contribution in [0.15, 0.2) is 52.1 Å². The van der Waals surface area contributed by atoms with E-state index in [1.54, 1.807) is 36.4 Å². The molecule has 0 atom stereocenters. The molecule has 0 aromatic heterocycles. The van der Waals surface area contributed by atoms with Crippen molar-refractivity contribution in [3.05, 3.63) is 63.9 Å². The molecule has 2 rings (SSSR count). The van der Waals surface area contributed by atoms with Gasteiger partial charge in [0, 0.05) is 15.6 Å². The number of nitrogens with two attached hydrogens (primary N) is 1. The third-order valence-corrected chi connectivity index (χ3v) is 3.16. The van der Waals surface area contributed by atoms with Gasteiger partial charge < -0.3 is 15.7 Å². The van der Waals surface area contributed by atoms with Gasteiger partial charge in [0.2, 0.25) is 0 Å². The van der Waals surface area contributed by atoms with Gasteiger partial charge in [-0.25, -0.2) is 4.39 Å². The molecule has 20 heavy (non-hydrogen) atoms. The molecule has 0 spiro atoms. The molecule has 0 amide bonds. The lowest BCUT2D eigenvalue weighted by atomic mass is 10.2. The Kier molecular flexibility index (Phi) is 4.57. The molecule has 2 aromatic rings. The van der Waals surface area contributed by atoms with Crippen LogP contribution >= 0.6 is 15.9 Å². The molecule has 0 aliphatic carbocycles. The Morgan fingerprint density at radius 1 is 1.25 bits per heavy atom. The van der Waals surface area contributed by atoms with Crippen molar-refractivity contribution in [3.63, 3.8) is 0 Å². The number of hydrogen-bond acceptors (Lipinski definition) is 3. The molecule has 6 heteroatoms. The molecular formula is C14H12BrFN2O2. The van der Waals surface area contributed by atoms with Gasteiger partial charge in [0.05, 0.1) is 0 Å². The molecule has 4 nitrogen and oxygen atoms in total. The average Bonchev–Trinajstić information content (AvgIpc) is 2.46. The van der Waals surface area contributed by atoms with Crippen molar-refractivity contribution in [3.8, 4) is 5.75 Å². The van der Waals surface area contributed by atoms with Crippen LogP contribution in [-0.4, -0.2) is 11.0 Å². The van der Waals surface area contributed by atoms with Crippen molar-refractivity contribution >= 4 is 21.8 Å². The highest BCUT2D eigenvalue weighted by molar-refractivity contribution is 9.10. The first-order chi connectivity index (χ1) is 9.60. The molecule has 0 unspecified atom stereocenters. The standard InChI is InChI=1S/C14H12BrFN2O2/c15-11-4-1-10(13(16)7-11)8-20-12-5-2-9(3-6-12)14(17)18-19/h1-7,19H,8H2,(H2,17,18). The molecule has 104 valence electrons. The summed E-state index contributed by atoms with van der Waals surface area (Å²) in [5.41, 5.74) is 6.49. The van der Waals surface area contributed by atoms with Crippen LogP contribution in [0.25, 0.3) is 0 Å². The van der Waals surface area contributed by atoms with E-state index in [-0.39, 0.29) is 18.3 Å². The maximum Gasteiger partial charge on any atom is 0.170 e. The van der Waals surface area contributed by atoms with E-state index in [1.165, 1.54) is 6.07 Å². The first-order valence-electron chi connectivity index (χ1n) is 5.75. The zero-order chi connectivity index (χ0) is 14.5. The summed E-state index contributed by atoms with van der Waals surface area (Å²) < 4.78 is 19.8. The summed E-state index contributed by atoms with van der Waals surface area (Å²) in [6.45, 7) is 0.127. The van der Waals surface area contributed by atoms with Crippen LogP contribution in [0.4, 0.5) is 4.39 Å². The van der Waals surface area contributed by atoms with Crippen LogP contribution in [-0.2, 0) is 6.61 Å². The summed E-state index contributed by atoms with van der Waals surface area (Å²) in [6.07, 6.45) is 0. The normalized spacial score (nSPS) is 11.4. The second-order valence-electron chi connectivity index (χ2n) is 4.03. The van der Waals surface area contributed by atoms with Crippen molar-refractivity contribution < 1.29 is 14.3 Å². The van der Waals surface area contributed by atoms with E-state index in [0.717, 1.165) is 0 Å². The predicted octanol–water partition coefficient (Wildman–Crippen LogP) is 3.26. The third kappa shape index (κ3) is 3.48. The number of halogens is 2. The molecule has 0 heterocycles. The number of hydrogen-bond donors (Lipinski definition) is 2. The van der Waals surface area contributed by atoms with E-state index in [2.05, 4.69) is 21.1 Å². The van der Waals surface area contributed by atoms with Gasteiger partial charge in [-0.05, 0) is 36.4 Å². The summed E-state index contributed by atoms with van der Waals surface area (Å²) in [5, 5.41) is 11.5. The van der Waals surface area contributed by atoms with Crippen LogP contribution in [0.5, 0.6) is 5.75 Å². The van der Waals surface area contributed by atoms with Gasteiger partial charge in [-0.1, -0.05) is 27.2 Å². The summed E-state index contributed by atoms with van der Waals surface area (Å²) in [5.74, 6) is 0.268. The van der Waals surface area contributed by atoms with Crippen molar-refractivity contribution in [2.45, 2.75) is 6.61 Å². The van der Waals surface area contributed by atoms with Gasteiger partial charge in [-0.15, -0.1) is 0 Å². The number of oxime groups is 1. The highest BCUT2D eigenvalue weighted by atomic mass is 79.9. The summed E-state index contributed by atoms with van der Waals surface area (Å²) in [6, 6.07) is 11.5. The highest BCUT2D eigenvalue weighted by Crippen LogP contribution is 2.18. The zero-order valence-electron chi connectivity index (χ0n) is 10.4. The minimum Gasteiger partial charge on any atom is -0.489 e. The Morgan fingerprint density at radius 2 is 1.95 bits per heavy atom. The summed E-state index contributed by atoms with van der Waals surface area (Å²) in [7, 11) is 0. The highest BCUT2D eigenvalue weighted by Gasteiger charge is 2.04. The molecule has 0 saturated carbocycles. The number of rotatable bonds is 4. The molecule has 0 radical (unpaired) electrons. The topological polar surface area (TPSA) is 67.8 Å². The average molecular weight is 339 g/mol. The fraction of sp³-hybridized carbons (Fsp3) is 0.0714. The maximum absolute atomic E-state index is 13.6. The van der Waals surface area contributed by atoms with E-state index in [1.807, 2.05) is 0 Å². The number of benzene rings is 2. The quantitative estimate of drug-likeness (QED) is 0.389. The molecular weight excluding hydrogens is 327 g/mol. The lowest BCUT2D eigenvalue weighted by molar-refractivity contribution is 0.299. The van der Waals surface area contributed by atoms with Crippen molar-refractivity contribution in [2.75, 3.05) is 0 Å². The zero-order valence-corrected chi connectivity index (χ0v) is 12.0. The van der Waals surface area contributed by atoms with Crippen molar-refractivity contribution in [2.24, 2.45) is 10.9 Å². The Balaban J connectivity index is 2.04. The van der Waals surface area contributed by atoms with Gasteiger partial charge in [0.1, 0.15) is 18.2 Å². The third-order valence-electron chi connectivity index (χ3n) is 2.67. The first-order valence-corrected chi connectivity index (χ1v) is 6.54. The van der Waals surface area contributed by atoms with Gasteiger partial charge in [0.15, 0.2) is 5.84 Å². The van der Waals surface area contributed by atoms with Gasteiger partial charge in [0.25, 0.3) is 0 Å². The van der Waals surface area contributed by atoms with Crippen LogP contribution in [0.2, 0.25) is 0 Å². The minimum absolute atomic E-state index is 0.0236. The molecule has 0 bridgehead atoms. The van der Waals surface area contributed by atoms with Gasteiger partial charge in [-0.2, -0.15) is 0 Å². The minimum atomic E-state index is -0.326. The van der Waals surface area contributed by atoms with Crippen LogP contribution in [0.3, 0.4) is 0 Å². The molecule has 3 N–H and O–H groups in total. The second-order valence-corrected chi connectivity index (χ2v) is 4.95. The van der Waals surface area contributed by atoms with Gasteiger partial charge >= 0.3 is 0 Å². The van der Waals surface area contributed by atoms with E-state index in [4.69, 9.17) is 15.7 Å². The van der Waals surface area contributed by atoms with E-state index < -0.39 is 0 Å². The Labute approximate surface area is 123 Å². The van der Waals surface area contributed by atoms with Crippen LogP contribution in [0, 0.1) is 5.82 Å². The largest absolute Gasteiger partial charge is 0.489 e. The maximum atomic E-state index is 13.6. The van der Waals surface area contributed by atoms with Crippen LogP contribution < -0.4 is 10.5 Å². The molecule has 0 saturated heterocycles. The lowest BCUT2D eigenvalue weighted by Crippen LogP contribution is -2.12. The van der Waals surface area contributed by atoms with E-state index in [9.17, 15) is 4.39 Å². The monoisotopic (exact) mass is 338 g/mol. The van der Waals surface area contributed by atoms with E-state index >= 15 is 0 Å². The smallest absolute Gasteiger partial charge is 0.170 e. The van der Waals surface area contributed by atoms with Crippen molar-refractivity contribution in [1.29, 1.82) is 0 Å². The molecule has 0 aliphatic rings. The first kappa shape index (κ1) is 14.3. The fourth-order valence-corrected chi connectivity index (χ4v) is 1.91.